The lowest BCUT2D eigenvalue weighted by molar-refractivity contribution is 0.282. The number of para-hydroxylation sites is 1. The second-order valence-corrected chi connectivity index (χ2v) is 4.46. The van der Waals surface area contributed by atoms with E-state index in [0.29, 0.717) is 6.54 Å². The van der Waals surface area contributed by atoms with Crippen LogP contribution in [0.4, 0.5) is 5.69 Å². The third-order valence-corrected chi connectivity index (χ3v) is 3.07. The molecule has 0 saturated heterocycles. The van der Waals surface area contributed by atoms with Gasteiger partial charge in [0.1, 0.15) is 0 Å². The Bertz CT molecular complexity index is 482. The highest BCUT2D eigenvalue weighted by molar-refractivity contribution is 5.46. The van der Waals surface area contributed by atoms with E-state index in [1.807, 2.05) is 54.6 Å². The van der Waals surface area contributed by atoms with E-state index in [1.165, 1.54) is 0 Å². The molecule has 2 aromatic rings. The van der Waals surface area contributed by atoms with Gasteiger partial charge in [0.15, 0.2) is 0 Å². The van der Waals surface area contributed by atoms with Gasteiger partial charge in [0, 0.05) is 18.8 Å². The summed E-state index contributed by atoms with van der Waals surface area (Å²) in [6.07, 6.45) is 0. The fraction of sp³-hybridized carbons (Fsp3) is 0.250. The van der Waals surface area contributed by atoms with Crippen molar-refractivity contribution < 1.29 is 10.2 Å². The standard InChI is InChI=1S/C16H19NO2/c18-11-10-17(16-4-2-1-3-5-16)12-14-6-8-15(13-19)9-7-14/h1-9,18-19H,10-13H2. The second-order valence-electron chi connectivity index (χ2n) is 4.46. The molecular formula is C16H19NO2. The predicted octanol–water partition coefficient (Wildman–Crippen LogP) is 2.18. The lowest BCUT2D eigenvalue weighted by Crippen LogP contribution is -2.25. The fourth-order valence-electron chi connectivity index (χ4n) is 2.03. The molecule has 2 rings (SSSR count). The molecule has 2 aromatic carbocycles. The zero-order valence-electron chi connectivity index (χ0n) is 10.9. The molecule has 0 spiro atoms. The lowest BCUT2D eigenvalue weighted by atomic mass is 10.1. The molecule has 3 nitrogen and oxygen atoms in total. The molecule has 0 aliphatic carbocycles. The van der Waals surface area contributed by atoms with Crippen LogP contribution in [0.2, 0.25) is 0 Å². The first-order valence-electron chi connectivity index (χ1n) is 6.43. The molecule has 0 heterocycles. The van der Waals surface area contributed by atoms with Crippen molar-refractivity contribution in [2.24, 2.45) is 0 Å². The number of rotatable bonds is 6. The number of hydrogen-bond donors (Lipinski definition) is 2. The van der Waals surface area contributed by atoms with Gasteiger partial charge in [-0.1, -0.05) is 42.5 Å². The predicted molar refractivity (Wildman–Crippen MR) is 76.9 cm³/mol. The van der Waals surface area contributed by atoms with E-state index < -0.39 is 0 Å². The van der Waals surface area contributed by atoms with Crippen LogP contribution in [0.1, 0.15) is 11.1 Å². The highest BCUT2D eigenvalue weighted by Crippen LogP contribution is 2.16. The van der Waals surface area contributed by atoms with Gasteiger partial charge in [-0.25, -0.2) is 0 Å². The third kappa shape index (κ3) is 3.81. The van der Waals surface area contributed by atoms with Crippen LogP contribution in [0.15, 0.2) is 54.6 Å². The Morgan fingerprint density at radius 2 is 1.42 bits per heavy atom. The third-order valence-electron chi connectivity index (χ3n) is 3.07. The molecule has 0 bridgehead atoms. The van der Waals surface area contributed by atoms with E-state index in [1.54, 1.807) is 0 Å². The SMILES string of the molecule is OCCN(Cc1ccc(CO)cc1)c1ccccc1. The van der Waals surface area contributed by atoms with Crippen molar-refractivity contribution in [1.82, 2.24) is 0 Å². The smallest absolute Gasteiger partial charge is 0.0681 e. The molecule has 0 radical (unpaired) electrons. The highest BCUT2D eigenvalue weighted by atomic mass is 16.3. The van der Waals surface area contributed by atoms with E-state index in [-0.39, 0.29) is 13.2 Å². The molecule has 0 amide bonds. The van der Waals surface area contributed by atoms with Crippen LogP contribution in [-0.2, 0) is 13.2 Å². The highest BCUT2D eigenvalue weighted by Gasteiger charge is 2.06. The minimum absolute atomic E-state index is 0.0688. The summed E-state index contributed by atoms with van der Waals surface area (Å²) >= 11 is 0. The van der Waals surface area contributed by atoms with Gasteiger partial charge in [0.05, 0.1) is 13.2 Å². The Kier molecular flexibility index (Phi) is 4.95. The average Bonchev–Trinajstić information content (AvgIpc) is 2.48. The minimum Gasteiger partial charge on any atom is -0.395 e. The maximum atomic E-state index is 9.18. The largest absolute Gasteiger partial charge is 0.395 e. The Morgan fingerprint density at radius 3 is 2.00 bits per heavy atom. The first kappa shape index (κ1) is 13.6. The molecule has 0 atom stereocenters. The maximum Gasteiger partial charge on any atom is 0.0681 e. The fourth-order valence-corrected chi connectivity index (χ4v) is 2.03. The topological polar surface area (TPSA) is 43.7 Å². The molecule has 0 aliphatic rings. The monoisotopic (exact) mass is 257 g/mol. The van der Waals surface area contributed by atoms with Gasteiger partial charge in [-0.15, -0.1) is 0 Å². The van der Waals surface area contributed by atoms with E-state index in [9.17, 15) is 5.11 Å². The Balaban J connectivity index is 2.11. The Labute approximate surface area is 113 Å². The van der Waals surface area contributed by atoms with Gasteiger partial charge in [-0.3, -0.25) is 0 Å². The minimum atomic E-state index is 0.0688. The van der Waals surface area contributed by atoms with E-state index in [0.717, 1.165) is 23.4 Å². The first-order chi connectivity index (χ1) is 9.33. The van der Waals surface area contributed by atoms with Crippen molar-refractivity contribution in [3.63, 3.8) is 0 Å². The summed E-state index contributed by atoms with van der Waals surface area (Å²) in [7, 11) is 0. The van der Waals surface area contributed by atoms with Gasteiger partial charge in [-0.05, 0) is 23.3 Å². The van der Waals surface area contributed by atoms with Crippen LogP contribution in [0, 0.1) is 0 Å². The molecule has 19 heavy (non-hydrogen) atoms. The molecule has 0 aromatic heterocycles. The summed E-state index contributed by atoms with van der Waals surface area (Å²) in [6.45, 7) is 1.55. The van der Waals surface area contributed by atoms with Crippen LogP contribution >= 0.6 is 0 Å². The summed E-state index contributed by atoms with van der Waals surface area (Å²) in [4.78, 5) is 2.13. The number of aliphatic hydroxyl groups excluding tert-OH is 2. The number of benzene rings is 2. The molecule has 0 fully saturated rings. The summed E-state index contributed by atoms with van der Waals surface area (Å²) in [5, 5.41) is 18.2. The van der Waals surface area contributed by atoms with Crippen LogP contribution in [0.25, 0.3) is 0 Å². The molecule has 100 valence electrons. The zero-order chi connectivity index (χ0) is 13.5. The quantitative estimate of drug-likeness (QED) is 0.833. The summed E-state index contributed by atoms with van der Waals surface area (Å²) in [6, 6.07) is 17.9. The van der Waals surface area contributed by atoms with Crippen LogP contribution in [-0.4, -0.2) is 23.4 Å². The summed E-state index contributed by atoms with van der Waals surface area (Å²) < 4.78 is 0. The van der Waals surface area contributed by atoms with E-state index in [2.05, 4.69) is 4.90 Å². The maximum absolute atomic E-state index is 9.18. The molecular weight excluding hydrogens is 238 g/mol. The molecule has 0 aliphatic heterocycles. The number of anilines is 1. The molecule has 0 saturated carbocycles. The van der Waals surface area contributed by atoms with E-state index >= 15 is 0 Å². The van der Waals surface area contributed by atoms with Crippen molar-refractivity contribution in [1.29, 1.82) is 0 Å². The van der Waals surface area contributed by atoms with Crippen molar-refractivity contribution in [2.45, 2.75) is 13.2 Å². The van der Waals surface area contributed by atoms with Crippen LogP contribution in [0.3, 0.4) is 0 Å². The lowest BCUT2D eigenvalue weighted by Gasteiger charge is -2.24. The van der Waals surface area contributed by atoms with E-state index in [4.69, 9.17) is 5.11 Å². The molecule has 3 heteroatoms. The van der Waals surface area contributed by atoms with Gasteiger partial charge in [0.25, 0.3) is 0 Å². The number of nitrogens with zero attached hydrogens (tertiary/aromatic N) is 1. The second kappa shape index (κ2) is 6.92. The normalized spacial score (nSPS) is 10.4. The van der Waals surface area contributed by atoms with Crippen molar-refractivity contribution in [2.75, 3.05) is 18.1 Å². The Hall–Kier alpha value is -1.84. The summed E-state index contributed by atoms with van der Waals surface area (Å²) in [5.74, 6) is 0. The number of hydrogen-bond acceptors (Lipinski definition) is 3. The van der Waals surface area contributed by atoms with Crippen molar-refractivity contribution in [3.8, 4) is 0 Å². The Morgan fingerprint density at radius 1 is 0.789 bits per heavy atom. The molecule has 2 N–H and O–H groups in total. The first-order valence-corrected chi connectivity index (χ1v) is 6.43. The van der Waals surface area contributed by atoms with Crippen molar-refractivity contribution >= 4 is 5.69 Å². The van der Waals surface area contributed by atoms with Gasteiger partial charge >= 0.3 is 0 Å². The number of aliphatic hydroxyl groups is 2. The van der Waals surface area contributed by atoms with Gasteiger partial charge < -0.3 is 15.1 Å². The summed E-state index contributed by atoms with van der Waals surface area (Å²) in [5.41, 5.74) is 3.18. The van der Waals surface area contributed by atoms with Gasteiger partial charge in [-0.2, -0.15) is 0 Å². The van der Waals surface area contributed by atoms with Gasteiger partial charge in [0.2, 0.25) is 0 Å². The molecule has 0 unspecified atom stereocenters. The van der Waals surface area contributed by atoms with Crippen molar-refractivity contribution in [3.05, 3.63) is 65.7 Å². The average molecular weight is 257 g/mol. The van der Waals surface area contributed by atoms with Crippen LogP contribution < -0.4 is 4.90 Å². The van der Waals surface area contributed by atoms with Crippen LogP contribution in [0.5, 0.6) is 0 Å². The zero-order valence-corrected chi connectivity index (χ0v) is 10.9.